The monoisotopic (exact) mass is 440 g/mol. The normalized spacial score (nSPS) is 17.6. The molecule has 1 heterocycles. The van der Waals surface area contributed by atoms with Crippen LogP contribution in [-0.2, 0) is 10.0 Å². The number of anilines is 1. The van der Waals surface area contributed by atoms with Gasteiger partial charge in [-0.25, -0.2) is 8.42 Å². The molecular formula is C21H23F3N2O3S. The second-order valence-electron chi connectivity index (χ2n) is 7.58. The third-order valence-corrected chi connectivity index (χ3v) is 6.60. The Hall–Kier alpha value is -2.55. The molecule has 3 rings (SSSR count). The van der Waals surface area contributed by atoms with Crippen LogP contribution in [0.3, 0.4) is 0 Å². The molecule has 0 spiro atoms. The van der Waals surface area contributed by atoms with Crippen LogP contribution in [0.2, 0.25) is 0 Å². The Morgan fingerprint density at radius 2 is 1.77 bits per heavy atom. The average Bonchev–Trinajstić information content (AvgIpc) is 2.69. The molecule has 2 aromatic carbocycles. The van der Waals surface area contributed by atoms with Crippen LogP contribution in [-0.4, -0.2) is 38.5 Å². The van der Waals surface area contributed by atoms with Gasteiger partial charge in [-0.05, 0) is 56.5 Å². The van der Waals surface area contributed by atoms with Crippen molar-refractivity contribution < 1.29 is 26.4 Å². The van der Waals surface area contributed by atoms with Crippen molar-refractivity contribution in [2.75, 3.05) is 17.8 Å². The second kappa shape index (κ2) is 8.29. The maximum Gasteiger partial charge on any atom is 0.393 e. The van der Waals surface area contributed by atoms with Crippen molar-refractivity contribution >= 4 is 21.6 Å². The Morgan fingerprint density at radius 3 is 2.40 bits per heavy atom. The number of hydrogen-bond acceptors (Lipinski definition) is 3. The molecule has 5 nitrogen and oxygen atoms in total. The first-order valence-electron chi connectivity index (χ1n) is 9.53. The summed E-state index contributed by atoms with van der Waals surface area (Å²) in [7, 11) is -3.96. The van der Waals surface area contributed by atoms with Crippen LogP contribution in [0.4, 0.5) is 18.9 Å². The van der Waals surface area contributed by atoms with E-state index in [1.54, 1.807) is 31.2 Å². The minimum Gasteiger partial charge on any atom is -0.338 e. The summed E-state index contributed by atoms with van der Waals surface area (Å²) in [6.45, 7) is 3.30. The lowest BCUT2D eigenvalue weighted by Gasteiger charge is -2.34. The fraction of sp³-hybridized carbons (Fsp3) is 0.381. The van der Waals surface area contributed by atoms with E-state index < -0.39 is 34.6 Å². The third-order valence-electron chi connectivity index (χ3n) is 5.23. The fourth-order valence-electron chi connectivity index (χ4n) is 3.43. The van der Waals surface area contributed by atoms with Crippen LogP contribution in [0.5, 0.6) is 0 Å². The number of aryl methyl sites for hydroxylation is 2. The first-order chi connectivity index (χ1) is 14.0. The van der Waals surface area contributed by atoms with Gasteiger partial charge in [-0.2, -0.15) is 13.2 Å². The van der Waals surface area contributed by atoms with Crippen LogP contribution in [0, 0.1) is 19.8 Å². The van der Waals surface area contributed by atoms with Gasteiger partial charge in [0.2, 0.25) is 0 Å². The van der Waals surface area contributed by atoms with Crippen LogP contribution in [0.1, 0.15) is 34.3 Å². The number of carbonyl (C=O) groups is 1. The van der Waals surface area contributed by atoms with Gasteiger partial charge in [0.05, 0.1) is 10.8 Å². The molecule has 1 aliphatic rings. The van der Waals surface area contributed by atoms with Crippen LogP contribution < -0.4 is 4.72 Å². The molecule has 162 valence electrons. The summed E-state index contributed by atoms with van der Waals surface area (Å²) in [5.41, 5.74) is 1.94. The molecule has 0 saturated carbocycles. The van der Waals surface area contributed by atoms with Crippen molar-refractivity contribution in [1.82, 2.24) is 4.90 Å². The first-order valence-corrected chi connectivity index (χ1v) is 11.0. The van der Waals surface area contributed by atoms with E-state index in [9.17, 15) is 26.4 Å². The van der Waals surface area contributed by atoms with Gasteiger partial charge in [-0.3, -0.25) is 9.52 Å². The molecule has 1 aliphatic heterocycles. The lowest BCUT2D eigenvalue weighted by molar-refractivity contribution is -0.184. The number of amides is 1. The largest absolute Gasteiger partial charge is 0.393 e. The minimum absolute atomic E-state index is 0.0127. The zero-order valence-corrected chi connectivity index (χ0v) is 17.5. The number of rotatable bonds is 4. The van der Waals surface area contributed by atoms with Crippen LogP contribution in [0.15, 0.2) is 47.4 Å². The van der Waals surface area contributed by atoms with Gasteiger partial charge in [0.25, 0.3) is 15.9 Å². The SMILES string of the molecule is Cc1ccc(NS(=O)(=O)c2ccc(C)c(C(=O)N3CCCC(C(F)(F)F)C3)c2)cc1. The molecule has 9 heteroatoms. The van der Waals surface area contributed by atoms with Gasteiger partial charge in [0, 0.05) is 24.3 Å². The number of hydrogen-bond donors (Lipinski definition) is 1. The summed E-state index contributed by atoms with van der Waals surface area (Å²) in [4.78, 5) is 13.9. The lowest BCUT2D eigenvalue weighted by atomic mass is 9.96. The highest BCUT2D eigenvalue weighted by molar-refractivity contribution is 7.92. The summed E-state index contributed by atoms with van der Waals surface area (Å²) in [5.74, 6) is -2.15. The first kappa shape index (κ1) is 22.1. The second-order valence-corrected chi connectivity index (χ2v) is 9.26. The highest BCUT2D eigenvalue weighted by Crippen LogP contribution is 2.34. The number of halogens is 3. The third kappa shape index (κ3) is 4.95. The molecular weight excluding hydrogens is 417 g/mol. The summed E-state index contributed by atoms with van der Waals surface area (Å²) in [5, 5.41) is 0. The Bertz CT molecular complexity index is 1030. The van der Waals surface area contributed by atoms with Gasteiger partial charge in [-0.1, -0.05) is 23.8 Å². The van der Waals surface area contributed by atoms with Gasteiger partial charge in [0.15, 0.2) is 0 Å². The van der Waals surface area contributed by atoms with E-state index in [0.29, 0.717) is 11.3 Å². The van der Waals surface area contributed by atoms with E-state index >= 15 is 0 Å². The number of carbonyl (C=O) groups excluding carboxylic acids is 1. The smallest absolute Gasteiger partial charge is 0.338 e. The number of piperidine rings is 1. The van der Waals surface area contributed by atoms with Crippen molar-refractivity contribution in [2.24, 2.45) is 5.92 Å². The van der Waals surface area contributed by atoms with Crippen molar-refractivity contribution in [3.05, 3.63) is 59.2 Å². The standard InChI is InChI=1S/C21H23F3N2O3S/c1-14-5-8-17(9-6-14)25-30(28,29)18-10-7-15(2)19(12-18)20(27)26-11-3-4-16(13-26)21(22,23)24/h5-10,12,16,25H,3-4,11,13H2,1-2H3. The molecule has 1 fully saturated rings. The molecule has 1 N–H and O–H groups in total. The molecule has 1 unspecified atom stereocenters. The Balaban J connectivity index is 1.85. The Labute approximate surface area is 173 Å². The number of benzene rings is 2. The maximum absolute atomic E-state index is 13.1. The van der Waals surface area contributed by atoms with Gasteiger partial charge < -0.3 is 4.90 Å². The highest BCUT2D eigenvalue weighted by atomic mass is 32.2. The van der Waals surface area contributed by atoms with E-state index in [-0.39, 0.29) is 29.8 Å². The number of nitrogens with zero attached hydrogens (tertiary/aromatic N) is 1. The summed E-state index contributed by atoms with van der Waals surface area (Å²) in [6.07, 6.45) is -4.12. The van der Waals surface area contributed by atoms with Crippen molar-refractivity contribution in [3.63, 3.8) is 0 Å². The predicted octanol–water partition coefficient (Wildman–Crippen LogP) is 4.52. The van der Waals surface area contributed by atoms with E-state index in [2.05, 4.69) is 4.72 Å². The van der Waals surface area contributed by atoms with Crippen LogP contribution >= 0.6 is 0 Å². The maximum atomic E-state index is 13.1. The molecule has 0 aliphatic carbocycles. The molecule has 0 bridgehead atoms. The van der Waals surface area contributed by atoms with Crippen molar-refractivity contribution in [3.8, 4) is 0 Å². The zero-order valence-electron chi connectivity index (χ0n) is 16.7. The molecule has 1 amide bonds. The van der Waals surface area contributed by atoms with Crippen LogP contribution in [0.25, 0.3) is 0 Å². The van der Waals surface area contributed by atoms with Gasteiger partial charge >= 0.3 is 6.18 Å². The molecule has 1 atom stereocenters. The molecule has 0 aromatic heterocycles. The number of nitrogens with one attached hydrogen (secondary N) is 1. The molecule has 30 heavy (non-hydrogen) atoms. The predicted molar refractivity (Wildman–Crippen MR) is 108 cm³/mol. The van der Waals surface area contributed by atoms with Crippen molar-refractivity contribution in [2.45, 2.75) is 37.8 Å². The van der Waals surface area contributed by atoms with E-state index in [4.69, 9.17) is 0 Å². The average molecular weight is 440 g/mol. The Kier molecular flexibility index (Phi) is 6.12. The summed E-state index contributed by atoms with van der Waals surface area (Å²) < 4.78 is 67.2. The fourth-order valence-corrected chi connectivity index (χ4v) is 4.52. The van der Waals surface area contributed by atoms with E-state index in [1.165, 1.54) is 18.2 Å². The molecule has 2 aromatic rings. The quantitative estimate of drug-likeness (QED) is 0.760. The lowest BCUT2D eigenvalue weighted by Crippen LogP contribution is -2.44. The zero-order chi connectivity index (χ0) is 22.1. The minimum atomic E-state index is -4.36. The van der Waals surface area contributed by atoms with Crippen molar-refractivity contribution in [1.29, 1.82) is 0 Å². The summed E-state index contributed by atoms with van der Waals surface area (Å²) in [6, 6.07) is 10.9. The Morgan fingerprint density at radius 1 is 1.10 bits per heavy atom. The molecule has 1 saturated heterocycles. The van der Waals surface area contributed by atoms with E-state index in [0.717, 1.165) is 10.5 Å². The number of alkyl halides is 3. The van der Waals surface area contributed by atoms with Gasteiger partial charge in [0.1, 0.15) is 0 Å². The highest BCUT2D eigenvalue weighted by Gasteiger charge is 2.42. The van der Waals surface area contributed by atoms with E-state index in [1.807, 2.05) is 6.92 Å². The number of likely N-dealkylation sites (tertiary alicyclic amines) is 1. The topological polar surface area (TPSA) is 66.5 Å². The summed E-state index contributed by atoms with van der Waals surface area (Å²) >= 11 is 0. The van der Waals surface area contributed by atoms with Gasteiger partial charge in [-0.15, -0.1) is 0 Å². The molecule has 0 radical (unpaired) electrons. The number of sulfonamides is 1.